The van der Waals surface area contributed by atoms with Gasteiger partial charge >= 0.3 is 0 Å². The molecule has 0 radical (unpaired) electrons. The van der Waals surface area contributed by atoms with Crippen LogP contribution in [-0.2, 0) is 13.0 Å². The molecule has 2 heterocycles. The molecule has 166 valence electrons. The predicted molar refractivity (Wildman–Crippen MR) is 120 cm³/mol. The van der Waals surface area contributed by atoms with Crippen LogP contribution < -0.4 is 15.4 Å². The van der Waals surface area contributed by atoms with Crippen LogP contribution in [0.3, 0.4) is 0 Å². The van der Waals surface area contributed by atoms with Crippen LogP contribution in [0.4, 0.5) is 0 Å². The van der Waals surface area contributed by atoms with Crippen LogP contribution in [0.1, 0.15) is 31.6 Å². The zero-order chi connectivity index (χ0) is 21.7. The van der Waals surface area contributed by atoms with Crippen molar-refractivity contribution in [2.24, 2.45) is 4.99 Å². The molecule has 0 atom stereocenters. The third-order valence-corrected chi connectivity index (χ3v) is 4.82. The SMILES string of the molecule is CN=C(NCCCCCc1nc(-c2ccc(OC)cc2)no1)NCCCn1cccn1. The molecule has 3 aromatic rings. The molecule has 1 aromatic carbocycles. The second-order valence-electron chi connectivity index (χ2n) is 7.10. The molecule has 0 amide bonds. The molecule has 0 aliphatic heterocycles. The lowest BCUT2D eigenvalue weighted by Crippen LogP contribution is -2.38. The summed E-state index contributed by atoms with van der Waals surface area (Å²) < 4.78 is 12.5. The molecule has 9 heteroatoms. The Balaban J connectivity index is 1.26. The third-order valence-electron chi connectivity index (χ3n) is 4.82. The summed E-state index contributed by atoms with van der Waals surface area (Å²) in [6.07, 6.45) is 8.67. The molecular weight excluding hydrogens is 394 g/mol. The fourth-order valence-corrected chi connectivity index (χ4v) is 3.10. The fourth-order valence-electron chi connectivity index (χ4n) is 3.10. The first-order valence-corrected chi connectivity index (χ1v) is 10.7. The Hall–Kier alpha value is -3.36. The van der Waals surface area contributed by atoms with E-state index in [2.05, 4.69) is 30.9 Å². The van der Waals surface area contributed by atoms with Gasteiger partial charge in [-0.25, -0.2) is 0 Å². The number of hydrogen-bond donors (Lipinski definition) is 2. The molecule has 2 aromatic heterocycles. The van der Waals surface area contributed by atoms with Crippen molar-refractivity contribution < 1.29 is 9.26 Å². The molecule has 0 unspecified atom stereocenters. The summed E-state index contributed by atoms with van der Waals surface area (Å²) >= 11 is 0. The van der Waals surface area contributed by atoms with Crippen molar-refractivity contribution >= 4 is 5.96 Å². The number of methoxy groups -OCH3 is 1. The Morgan fingerprint density at radius 3 is 2.61 bits per heavy atom. The largest absolute Gasteiger partial charge is 0.497 e. The van der Waals surface area contributed by atoms with Crippen LogP contribution in [0.15, 0.2) is 52.2 Å². The van der Waals surface area contributed by atoms with Crippen LogP contribution in [0.5, 0.6) is 5.75 Å². The Morgan fingerprint density at radius 2 is 1.90 bits per heavy atom. The van der Waals surface area contributed by atoms with Gasteiger partial charge in [-0.3, -0.25) is 9.67 Å². The van der Waals surface area contributed by atoms with Gasteiger partial charge in [-0.2, -0.15) is 10.1 Å². The highest BCUT2D eigenvalue weighted by atomic mass is 16.5. The average molecular weight is 426 g/mol. The van der Waals surface area contributed by atoms with Gasteiger partial charge < -0.3 is 19.9 Å². The lowest BCUT2D eigenvalue weighted by atomic mass is 10.2. The summed E-state index contributed by atoms with van der Waals surface area (Å²) in [6.45, 7) is 2.62. The lowest BCUT2D eigenvalue weighted by Gasteiger charge is -2.11. The maximum absolute atomic E-state index is 5.38. The average Bonchev–Trinajstić information content (AvgIpc) is 3.50. The van der Waals surface area contributed by atoms with Crippen molar-refractivity contribution in [1.82, 2.24) is 30.6 Å². The van der Waals surface area contributed by atoms with Gasteiger partial charge in [0.1, 0.15) is 5.75 Å². The van der Waals surface area contributed by atoms with E-state index >= 15 is 0 Å². The minimum atomic E-state index is 0.613. The summed E-state index contributed by atoms with van der Waals surface area (Å²) in [5, 5.41) is 15.0. The molecule has 3 rings (SSSR count). The quantitative estimate of drug-likeness (QED) is 0.261. The number of ether oxygens (including phenoxy) is 1. The molecule has 0 aliphatic carbocycles. The summed E-state index contributed by atoms with van der Waals surface area (Å²) in [6, 6.07) is 9.57. The molecule has 0 bridgehead atoms. The molecular formula is C22H31N7O2. The fraction of sp³-hybridized carbons (Fsp3) is 0.455. The zero-order valence-electron chi connectivity index (χ0n) is 18.3. The van der Waals surface area contributed by atoms with E-state index in [4.69, 9.17) is 9.26 Å². The van der Waals surface area contributed by atoms with Crippen molar-refractivity contribution in [2.45, 2.75) is 38.6 Å². The molecule has 31 heavy (non-hydrogen) atoms. The number of nitrogens with zero attached hydrogens (tertiary/aromatic N) is 5. The third kappa shape index (κ3) is 7.44. The number of hydrogen-bond acceptors (Lipinski definition) is 6. The van der Waals surface area contributed by atoms with Crippen LogP contribution in [0.25, 0.3) is 11.4 Å². The Labute approximate surface area is 182 Å². The Bertz CT molecular complexity index is 904. The van der Waals surface area contributed by atoms with Gasteiger partial charge in [-0.15, -0.1) is 0 Å². The lowest BCUT2D eigenvalue weighted by molar-refractivity contribution is 0.374. The van der Waals surface area contributed by atoms with Crippen LogP contribution in [-0.4, -0.2) is 53.1 Å². The van der Waals surface area contributed by atoms with Crippen molar-refractivity contribution in [3.63, 3.8) is 0 Å². The van der Waals surface area contributed by atoms with E-state index in [0.29, 0.717) is 11.7 Å². The number of unbranched alkanes of at least 4 members (excludes halogenated alkanes) is 2. The summed E-state index contributed by atoms with van der Waals surface area (Å²) in [5.41, 5.74) is 0.920. The monoisotopic (exact) mass is 425 g/mol. The van der Waals surface area contributed by atoms with Gasteiger partial charge in [-0.1, -0.05) is 11.6 Å². The summed E-state index contributed by atoms with van der Waals surface area (Å²) in [4.78, 5) is 8.75. The molecule has 0 saturated heterocycles. The van der Waals surface area contributed by atoms with Crippen molar-refractivity contribution in [1.29, 1.82) is 0 Å². The molecule has 2 N–H and O–H groups in total. The number of aliphatic imine (C=N–C) groups is 1. The van der Waals surface area contributed by atoms with Gasteiger partial charge in [0.2, 0.25) is 11.7 Å². The number of nitrogens with one attached hydrogen (secondary N) is 2. The van der Waals surface area contributed by atoms with Crippen LogP contribution in [0, 0.1) is 0 Å². The molecule has 9 nitrogen and oxygen atoms in total. The van der Waals surface area contributed by atoms with Crippen molar-refractivity contribution in [3.8, 4) is 17.1 Å². The van der Waals surface area contributed by atoms with E-state index in [-0.39, 0.29) is 0 Å². The normalized spacial score (nSPS) is 11.5. The highest BCUT2D eigenvalue weighted by Gasteiger charge is 2.08. The Morgan fingerprint density at radius 1 is 1.10 bits per heavy atom. The number of aryl methyl sites for hydroxylation is 2. The number of benzene rings is 1. The summed E-state index contributed by atoms with van der Waals surface area (Å²) in [7, 11) is 3.44. The van der Waals surface area contributed by atoms with Gasteiger partial charge in [0.15, 0.2) is 5.96 Å². The molecule has 0 fully saturated rings. The van der Waals surface area contributed by atoms with E-state index in [1.807, 2.05) is 41.2 Å². The Kier molecular flexibility index (Phi) is 8.90. The first-order chi connectivity index (χ1) is 15.3. The van der Waals surface area contributed by atoms with E-state index in [1.165, 1.54) is 0 Å². The van der Waals surface area contributed by atoms with Gasteiger partial charge in [-0.05, 0) is 49.6 Å². The number of guanidine groups is 1. The van der Waals surface area contributed by atoms with E-state index in [9.17, 15) is 0 Å². The minimum Gasteiger partial charge on any atom is -0.497 e. The minimum absolute atomic E-state index is 0.613. The highest BCUT2D eigenvalue weighted by Crippen LogP contribution is 2.20. The maximum Gasteiger partial charge on any atom is 0.226 e. The van der Waals surface area contributed by atoms with Gasteiger partial charge in [0.05, 0.1) is 7.11 Å². The smallest absolute Gasteiger partial charge is 0.226 e. The topological polar surface area (TPSA) is 102 Å². The first kappa shape index (κ1) is 22.3. The second-order valence-corrected chi connectivity index (χ2v) is 7.10. The molecule has 0 saturated carbocycles. The number of aromatic nitrogens is 4. The van der Waals surface area contributed by atoms with Crippen LogP contribution >= 0.6 is 0 Å². The van der Waals surface area contributed by atoms with Crippen LogP contribution in [0.2, 0.25) is 0 Å². The predicted octanol–water partition coefficient (Wildman–Crippen LogP) is 2.91. The second kappa shape index (κ2) is 12.4. The van der Waals surface area contributed by atoms with Crippen molar-refractivity contribution in [3.05, 3.63) is 48.6 Å². The van der Waals surface area contributed by atoms with Gasteiger partial charge in [0, 0.05) is 51.1 Å². The van der Waals surface area contributed by atoms with Crippen molar-refractivity contribution in [2.75, 3.05) is 27.2 Å². The molecule has 0 aliphatic rings. The summed E-state index contributed by atoms with van der Waals surface area (Å²) in [5.74, 6) is 2.93. The standard InChI is InChI=1S/C22H31N7O2/c1-23-22(25-14-6-16-29-17-7-15-26-29)24-13-5-3-4-8-20-27-21(28-31-20)18-9-11-19(30-2)12-10-18/h7,9-12,15,17H,3-6,8,13-14,16H2,1-2H3,(H2,23,24,25). The maximum atomic E-state index is 5.38. The number of rotatable bonds is 12. The zero-order valence-corrected chi connectivity index (χ0v) is 18.3. The van der Waals surface area contributed by atoms with Gasteiger partial charge in [0.25, 0.3) is 0 Å². The van der Waals surface area contributed by atoms with E-state index in [0.717, 1.165) is 69.0 Å². The van der Waals surface area contributed by atoms with E-state index in [1.54, 1.807) is 20.4 Å². The highest BCUT2D eigenvalue weighted by molar-refractivity contribution is 5.79. The van der Waals surface area contributed by atoms with E-state index < -0.39 is 0 Å². The molecule has 0 spiro atoms. The first-order valence-electron chi connectivity index (χ1n) is 10.7.